The SMILES string of the molecule is COc1ccc(C(=O)CNC(=O)C2CCC2)cc1C(C)C. The molecule has 1 saturated carbocycles. The topological polar surface area (TPSA) is 55.4 Å². The minimum atomic E-state index is -0.0628. The monoisotopic (exact) mass is 289 g/mol. The lowest BCUT2D eigenvalue weighted by atomic mass is 9.85. The van der Waals surface area contributed by atoms with Crippen LogP contribution in [-0.4, -0.2) is 25.3 Å². The van der Waals surface area contributed by atoms with Crippen LogP contribution in [0.3, 0.4) is 0 Å². The van der Waals surface area contributed by atoms with Gasteiger partial charge in [-0.15, -0.1) is 0 Å². The van der Waals surface area contributed by atoms with Crippen molar-refractivity contribution in [2.24, 2.45) is 5.92 Å². The van der Waals surface area contributed by atoms with Gasteiger partial charge in [-0.05, 0) is 42.5 Å². The smallest absolute Gasteiger partial charge is 0.223 e. The van der Waals surface area contributed by atoms with Gasteiger partial charge in [0.2, 0.25) is 5.91 Å². The minimum Gasteiger partial charge on any atom is -0.496 e. The lowest BCUT2D eigenvalue weighted by Gasteiger charge is -2.23. The average Bonchev–Trinajstić information content (AvgIpc) is 2.42. The van der Waals surface area contributed by atoms with Crippen LogP contribution in [0.15, 0.2) is 18.2 Å². The van der Waals surface area contributed by atoms with E-state index in [1.807, 2.05) is 12.1 Å². The molecule has 0 aliphatic heterocycles. The number of ether oxygens (including phenoxy) is 1. The Labute approximate surface area is 125 Å². The van der Waals surface area contributed by atoms with Gasteiger partial charge < -0.3 is 10.1 Å². The van der Waals surface area contributed by atoms with Gasteiger partial charge in [-0.2, -0.15) is 0 Å². The number of methoxy groups -OCH3 is 1. The highest BCUT2D eigenvalue weighted by molar-refractivity contribution is 5.99. The summed E-state index contributed by atoms with van der Waals surface area (Å²) >= 11 is 0. The number of benzene rings is 1. The second kappa shape index (κ2) is 6.74. The Morgan fingerprint density at radius 1 is 1.33 bits per heavy atom. The molecule has 0 unspecified atom stereocenters. The van der Waals surface area contributed by atoms with E-state index in [0.29, 0.717) is 5.56 Å². The van der Waals surface area contributed by atoms with Crippen LogP contribution in [0.1, 0.15) is 54.9 Å². The lowest BCUT2D eigenvalue weighted by molar-refractivity contribution is -0.127. The molecule has 1 aliphatic carbocycles. The van der Waals surface area contributed by atoms with Crippen molar-refractivity contribution < 1.29 is 14.3 Å². The maximum Gasteiger partial charge on any atom is 0.223 e. The van der Waals surface area contributed by atoms with Gasteiger partial charge in [0.1, 0.15) is 5.75 Å². The molecule has 0 bridgehead atoms. The third-order valence-electron chi connectivity index (χ3n) is 4.07. The molecule has 0 heterocycles. The largest absolute Gasteiger partial charge is 0.496 e. The van der Waals surface area contributed by atoms with Crippen LogP contribution in [0, 0.1) is 5.92 Å². The summed E-state index contributed by atoms with van der Waals surface area (Å²) < 4.78 is 5.31. The Morgan fingerprint density at radius 2 is 2.05 bits per heavy atom. The predicted octanol–water partition coefficient (Wildman–Crippen LogP) is 2.92. The van der Waals surface area contributed by atoms with Gasteiger partial charge in [0.25, 0.3) is 0 Å². The molecule has 1 amide bonds. The highest BCUT2D eigenvalue weighted by atomic mass is 16.5. The zero-order chi connectivity index (χ0) is 15.4. The zero-order valence-electron chi connectivity index (χ0n) is 12.9. The number of ketones is 1. The molecule has 4 heteroatoms. The van der Waals surface area contributed by atoms with Gasteiger partial charge in [0, 0.05) is 11.5 Å². The van der Waals surface area contributed by atoms with E-state index in [4.69, 9.17) is 4.74 Å². The summed E-state index contributed by atoms with van der Waals surface area (Å²) in [6, 6.07) is 5.43. The highest BCUT2D eigenvalue weighted by Gasteiger charge is 2.25. The average molecular weight is 289 g/mol. The number of nitrogens with one attached hydrogen (secondary N) is 1. The van der Waals surface area contributed by atoms with Gasteiger partial charge in [0.05, 0.1) is 13.7 Å². The van der Waals surface area contributed by atoms with E-state index in [9.17, 15) is 9.59 Å². The maximum atomic E-state index is 12.2. The van der Waals surface area contributed by atoms with Crippen molar-refractivity contribution in [1.82, 2.24) is 5.32 Å². The van der Waals surface area contributed by atoms with E-state index in [1.54, 1.807) is 13.2 Å². The van der Waals surface area contributed by atoms with Crippen molar-refractivity contribution in [3.05, 3.63) is 29.3 Å². The Balaban J connectivity index is 2.01. The molecular formula is C17H23NO3. The van der Waals surface area contributed by atoms with E-state index in [-0.39, 0.29) is 30.1 Å². The molecule has 0 aromatic heterocycles. The van der Waals surface area contributed by atoms with Crippen LogP contribution in [0.4, 0.5) is 0 Å². The normalized spacial score (nSPS) is 14.7. The summed E-state index contributed by atoms with van der Waals surface area (Å²) in [4.78, 5) is 24.0. The molecule has 0 atom stereocenters. The van der Waals surface area contributed by atoms with Crippen molar-refractivity contribution in [3.63, 3.8) is 0 Å². The molecule has 0 saturated heterocycles. The highest BCUT2D eigenvalue weighted by Crippen LogP contribution is 2.28. The number of carbonyl (C=O) groups excluding carboxylic acids is 2. The number of Topliss-reactive ketones (excluding diaryl/α,β-unsaturated/α-hetero) is 1. The summed E-state index contributed by atoms with van der Waals surface area (Å²) in [5.41, 5.74) is 1.63. The Kier molecular flexibility index (Phi) is 4.99. The van der Waals surface area contributed by atoms with E-state index >= 15 is 0 Å². The second-order valence-electron chi connectivity index (χ2n) is 5.88. The zero-order valence-corrected chi connectivity index (χ0v) is 12.9. The van der Waals surface area contributed by atoms with Crippen molar-refractivity contribution in [1.29, 1.82) is 0 Å². The Morgan fingerprint density at radius 3 is 2.57 bits per heavy atom. The second-order valence-corrected chi connectivity index (χ2v) is 5.88. The van der Waals surface area contributed by atoms with Crippen LogP contribution in [0.25, 0.3) is 0 Å². The standard InChI is InChI=1S/C17H23NO3/c1-11(2)14-9-13(7-8-16(14)21-3)15(19)10-18-17(20)12-5-4-6-12/h7-9,11-12H,4-6,10H2,1-3H3,(H,18,20). The molecule has 1 fully saturated rings. The summed E-state index contributed by atoms with van der Waals surface area (Å²) in [5, 5.41) is 2.74. The van der Waals surface area contributed by atoms with E-state index in [1.165, 1.54) is 0 Å². The van der Waals surface area contributed by atoms with E-state index < -0.39 is 0 Å². The predicted molar refractivity (Wildman–Crippen MR) is 81.8 cm³/mol. The number of hydrogen-bond donors (Lipinski definition) is 1. The lowest BCUT2D eigenvalue weighted by Crippen LogP contribution is -2.37. The maximum absolute atomic E-state index is 12.2. The number of hydrogen-bond acceptors (Lipinski definition) is 3. The third kappa shape index (κ3) is 3.63. The molecule has 114 valence electrons. The van der Waals surface area contributed by atoms with Crippen LogP contribution in [0.2, 0.25) is 0 Å². The fourth-order valence-corrected chi connectivity index (χ4v) is 2.44. The first-order valence-electron chi connectivity index (χ1n) is 7.51. The Bertz CT molecular complexity index is 533. The first-order valence-corrected chi connectivity index (χ1v) is 7.51. The van der Waals surface area contributed by atoms with E-state index in [0.717, 1.165) is 30.6 Å². The number of rotatable bonds is 6. The summed E-state index contributed by atoms with van der Waals surface area (Å²) in [6.45, 7) is 4.19. The van der Waals surface area contributed by atoms with Crippen LogP contribution < -0.4 is 10.1 Å². The molecule has 1 N–H and O–H groups in total. The molecule has 1 aromatic rings. The Hall–Kier alpha value is -1.84. The van der Waals surface area contributed by atoms with Gasteiger partial charge in [-0.3, -0.25) is 9.59 Å². The first kappa shape index (κ1) is 15.5. The molecule has 0 radical (unpaired) electrons. The van der Waals surface area contributed by atoms with Crippen LogP contribution >= 0.6 is 0 Å². The molecule has 0 spiro atoms. The number of amides is 1. The van der Waals surface area contributed by atoms with Gasteiger partial charge in [0.15, 0.2) is 5.78 Å². The van der Waals surface area contributed by atoms with Gasteiger partial charge >= 0.3 is 0 Å². The van der Waals surface area contributed by atoms with Crippen molar-refractivity contribution in [2.45, 2.75) is 39.0 Å². The molecule has 4 nitrogen and oxygen atoms in total. The van der Waals surface area contributed by atoms with Gasteiger partial charge in [-0.25, -0.2) is 0 Å². The minimum absolute atomic E-state index is 0.00666. The molecule has 2 rings (SSSR count). The fraction of sp³-hybridized carbons (Fsp3) is 0.529. The van der Waals surface area contributed by atoms with Crippen molar-refractivity contribution >= 4 is 11.7 Å². The molecular weight excluding hydrogens is 266 g/mol. The third-order valence-corrected chi connectivity index (χ3v) is 4.07. The molecule has 1 aromatic carbocycles. The summed E-state index contributed by atoms with van der Waals surface area (Å²) in [6.07, 6.45) is 3.00. The van der Waals surface area contributed by atoms with Crippen LogP contribution in [0.5, 0.6) is 5.75 Å². The first-order chi connectivity index (χ1) is 10.0. The molecule has 1 aliphatic rings. The molecule has 21 heavy (non-hydrogen) atoms. The quantitative estimate of drug-likeness (QED) is 0.819. The van der Waals surface area contributed by atoms with Crippen molar-refractivity contribution in [3.8, 4) is 5.75 Å². The van der Waals surface area contributed by atoms with E-state index in [2.05, 4.69) is 19.2 Å². The fourth-order valence-electron chi connectivity index (χ4n) is 2.44. The van der Waals surface area contributed by atoms with Gasteiger partial charge in [-0.1, -0.05) is 20.3 Å². The summed E-state index contributed by atoms with van der Waals surface area (Å²) in [7, 11) is 1.63. The van der Waals surface area contributed by atoms with Crippen LogP contribution in [-0.2, 0) is 4.79 Å². The van der Waals surface area contributed by atoms with Crippen molar-refractivity contribution in [2.75, 3.05) is 13.7 Å². The number of carbonyl (C=O) groups is 2. The summed E-state index contributed by atoms with van der Waals surface area (Å²) in [5.74, 6) is 1.12.